The second-order valence-corrected chi connectivity index (χ2v) is 5.82. The first-order valence-corrected chi connectivity index (χ1v) is 8.66. The molecule has 0 atom stereocenters. The van der Waals surface area contributed by atoms with Crippen LogP contribution in [0.15, 0.2) is 66.9 Å². The number of hydrogen-bond donors (Lipinski definition) is 1. The smallest absolute Gasteiger partial charge is 0.252 e. The summed E-state index contributed by atoms with van der Waals surface area (Å²) < 4.78 is 5.07. The molecule has 0 aliphatic carbocycles. The monoisotopic (exact) mass is 349 g/mol. The quantitative estimate of drug-likeness (QED) is 0.595. The number of nitrogens with one attached hydrogen (secondary N) is 1. The number of aromatic nitrogens is 3. The summed E-state index contributed by atoms with van der Waals surface area (Å²) in [5.74, 6) is 1.27. The average molecular weight is 349 g/mol. The lowest BCUT2D eigenvalue weighted by Crippen LogP contribution is -2.20. The van der Waals surface area contributed by atoms with Crippen molar-refractivity contribution in [3.8, 4) is 0 Å². The van der Waals surface area contributed by atoms with E-state index in [9.17, 15) is 0 Å². The Morgan fingerprint density at radius 3 is 2.46 bits per heavy atom. The molecule has 6 nitrogen and oxygen atoms in total. The van der Waals surface area contributed by atoms with Crippen molar-refractivity contribution >= 4 is 17.5 Å². The molecule has 134 valence electrons. The molecule has 0 fully saturated rings. The third-order valence-corrected chi connectivity index (χ3v) is 3.87. The maximum atomic E-state index is 5.07. The number of benzene rings is 2. The van der Waals surface area contributed by atoms with Gasteiger partial charge < -0.3 is 15.0 Å². The van der Waals surface area contributed by atoms with Crippen LogP contribution < -0.4 is 10.2 Å². The average Bonchev–Trinajstić information content (AvgIpc) is 2.71. The molecule has 0 aliphatic heterocycles. The third-order valence-electron chi connectivity index (χ3n) is 3.87. The Morgan fingerprint density at radius 1 is 1.00 bits per heavy atom. The van der Waals surface area contributed by atoms with Crippen LogP contribution in [0.4, 0.5) is 17.5 Å². The van der Waals surface area contributed by atoms with Crippen molar-refractivity contribution in [2.24, 2.45) is 0 Å². The van der Waals surface area contributed by atoms with Crippen LogP contribution in [-0.4, -0.2) is 35.4 Å². The maximum Gasteiger partial charge on any atom is 0.252 e. The molecule has 0 spiro atoms. The van der Waals surface area contributed by atoms with Gasteiger partial charge in [-0.1, -0.05) is 48.5 Å². The van der Waals surface area contributed by atoms with Gasteiger partial charge in [-0.2, -0.15) is 10.1 Å². The lowest BCUT2D eigenvalue weighted by molar-refractivity contribution is 0.197. The summed E-state index contributed by atoms with van der Waals surface area (Å²) in [7, 11) is 1.70. The van der Waals surface area contributed by atoms with E-state index in [0.29, 0.717) is 24.9 Å². The first-order valence-electron chi connectivity index (χ1n) is 8.66. The van der Waals surface area contributed by atoms with E-state index in [-0.39, 0.29) is 0 Å². The van der Waals surface area contributed by atoms with Crippen LogP contribution in [0, 0.1) is 0 Å². The normalized spacial score (nSPS) is 10.5. The topological polar surface area (TPSA) is 63.2 Å². The van der Waals surface area contributed by atoms with Gasteiger partial charge in [0.15, 0.2) is 5.82 Å². The minimum Gasteiger partial charge on any atom is -0.385 e. The van der Waals surface area contributed by atoms with E-state index in [1.165, 1.54) is 5.56 Å². The number of rotatable bonds is 9. The molecule has 1 N–H and O–H groups in total. The van der Waals surface area contributed by atoms with Crippen molar-refractivity contribution in [3.63, 3.8) is 0 Å². The van der Waals surface area contributed by atoms with Crippen LogP contribution in [0.5, 0.6) is 0 Å². The van der Waals surface area contributed by atoms with Crippen molar-refractivity contribution in [2.45, 2.75) is 13.0 Å². The van der Waals surface area contributed by atoms with Gasteiger partial charge in [0.05, 0.1) is 12.7 Å². The van der Waals surface area contributed by atoms with Gasteiger partial charge in [0, 0.05) is 25.9 Å². The van der Waals surface area contributed by atoms with Crippen LogP contribution in [0.25, 0.3) is 0 Å². The van der Waals surface area contributed by atoms with E-state index in [1.807, 2.05) is 48.5 Å². The van der Waals surface area contributed by atoms with Gasteiger partial charge in [-0.05, 0) is 24.1 Å². The van der Waals surface area contributed by atoms with Gasteiger partial charge in [-0.3, -0.25) is 0 Å². The summed E-state index contributed by atoms with van der Waals surface area (Å²) in [6.07, 6.45) is 2.55. The zero-order valence-electron chi connectivity index (χ0n) is 14.9. The van der Waals surface area contributed by atoms with Crippen LogP contribution in [0.2, 0.25) is 0 Å². The third kappa shape index (κ3) is 5.00. The SMILES string of the molecule is COCCCNc1cnnc(N(Cc2ccccc2)c2ccccc2)n1. The molecule has 0 aliphatic rings. The highest BCUT2D eigenvalue weighted by Gasteiger charge is 2.14. The van der Waals surface area contributed by atoms with E-state index in [0.717, 1.165) is 18.7 Å². The van der Waals surface area contributed by atoms with E-state index in [1.54, 1.807) is 13.3 Å². The Kier molecular flexibility index (Phi) is 6.50. The Labute approximate surface area is 153 Å². The molecule has 0 bridgehead atoms. The maximum absolute atomic E-state index is 5.07. The largest absolute Gasteiger partial charge is 0.385 e. The van der Waals surface area contributed by atoms with Crippen molar-refractivity contribution in [1.29, 1.82) is 0 Å². The predicted octanol–water partition coefficient (Wildman–Crippen LogP) is 3.66. The number of methoxy groups -OCH3 is 1. The van der Waals surface area contributed by atoms with Crippen molar-refractivity contribution in [3.05, 3.63) is 72.4 Å². The molecule has 3 aromatic rings. The number of nitrogens with zero attached hydrogens (tertiary/aromatic N) is 4. The fourth-order valence-electron chi connectivity index (χ4n) is 2.58. The molecule has 2 aromatic carbocycles. The summed E-state index contributed by atoms with van der Waals surface area (Å²) in [4.78, 5) is 6.70. The van der Waals surface area contributed by atoms with Crippen molar-refractivity contribution in [1.82, 2.24) is 15.2 Å². The Morgan fingerprint density at radius 2 is 1.73 bits per heavy atom. The molecule has 6 heteroatoms. The van der Waals surface area contributed by atoms with Gasteiger partial charge >= 0.3 is 0 Å². The molecule has 0 saturated heterocycles. The molecule has 3 rings (SSSR count). The highest BCUT2D eigenvalue weighted by atomic mass is 16.5. The molecular formula is C20H23N5O. The molecule has 0 unspecified atom stereocenters. The molecule has 1 aromatic heterocycles. The second kappa shape index (κ2) is 9.48. The second-order valence-electron chi connectivity index (χ2n) is 5.82. The molecule has 0 amide bonds. The van der Waals surface area contributed by atoms with E-state index in [4.69, 9.17) is 4.74 Å². The fraction of sp³-hybridized carbons (Fsp3) is 0.250. The Balaban J connectivity index is 1.82. The van der Waals surface area contributed by atoms with Crippen LogP contribution in [0.1, 0.15) is 12.0 Å². The molecule has 0 saturated carbocycles. The van der Waals surface area contributed by atoms with Gasteiger partial charge in [0.25, 0.3) is 5.95 Å². The standard InChI is InChI=1S/C20H23N5O/c1-26-14-8-13-21-19-15-22-24-20(23-19)25(18-11-6-3-7-12-18)16-17-9-4-2-5-10-17/h2-7,9-12,15H,8,13-14,16H2,1H3,(H,21,23,24). The lowest BCUT2D eigenvalue weighted by Gasteiger charge is -2.22. The summed E-state index contributed by atoms with van der Waals surface area (Å²) in [6, 6.07) is 20.4. The van der Waals surface area contributed by atoms with Gasteiger partial charge in [-0.15, -0.1) is 5.10 Å². The predicted molar refractivity (Wildman–Crippen MR) is 104 cm³/mol. The fourth-order valence-corrected chi connectivity index (χ4v) is 2.58. The van der Waals surface area contributed by atoms with Gasteiger partial charge in [0.2, 0.25) is 0 Å². The van der Waals surface area contributed by atoms with E-state index in [2.05, 4.69) is 37.5 Å². The number of hydrogen-bond acceptors (Lipinski definition) is 6. The number of para-hydroxylation sites is 1. The summed E-state index contributed by atoms with van der Waals surface area (Å²) in [5, 5.41) is 11.7. The molecule has 1 heterocycles. The summed E-state index contributed by atoms with van der Waals surface area (Å²) in [6.45, 7) is 2.15. The highest BCUT2D eigenvalue weighted by molar-refractivity contribution is 5.58. The minimum atomic E-state index is 0.566. The van der Waals surface area contributed by atoms with Crippen molar-refractivity contribution in [2.75, 3.05) is 30.5 Å². The van der Waals surface area contributed by atoms with Crippen LogP contribution in [-0.2, 0) is 11.3 Å². The Hall–Kier alpha value is -2.99. The highest BCUT2D eigenvalue weighted by Crippen LogP contribution is 2.24. The number of anilines is 3. The van der Waals surface area contributed by atoms with Crippen LogP contribution in [0.3, 0.4) is 0 Å². The van der Waals surface area contributed by atoms with E-state index < -0.39 is 0 Å². The first-order chi connectivity index (χ1) is 12.9. The van der Waals surface area contributed by atoms with E-state index >= 15 is 0 Å². The molecular weight excluding hydrogens is 326 g/mol. The number of ether oxygens (including phenoxy) is 1. The summed E-state index contributed by atoms with van der Waals surface area (Å²) >= 11 is 0. The summed E-state index contributed by atoms with van der Waals surface area (Å²) in [5.41, 5.74) is 2.20. The molecule has 0 radical (unpaired) electrons. The zero-order chi connectivity index (χ0) is 18.0. The Bertz CT molecular complexity index is 782. The van der Waals surface area contributed by atoms with Gasteiger partial charge in [-0.25, -0.2) is 0 Å². The van der Waals surface area contributed by atoms with Gasteiger partial charge in [0.1, 0.15) is 0 Å². The van der Waals surface area contributed by atoms with Crippen molar-refractivity contribution < 1.29 is 4.74 Å². The zero-order valence-corrected chi connectivity index (χ0v) is 14.9. The lowest BCUT2D eigenvalue weighted by atomic mass is 10.2. The first kappa shape index (κ1) is 17.8. The van der Waals surface area contributed by atoms with Crippen LogP contribution >= 0.6 is 0 Å². The minimum absolute atomic E-state index is 0.566. The molecule has 26 heavy (non-hydrogen) atoms.